The lowest BCUT2D eigenvalue weighted by Gasteiger charge is -2.19. The van der Waals surface area contributed by atoms with E-state index in [0.29, 0.717) is 6.61 Å². The second-order valence-corrected chi connectivity index (χ2v) is 4.32. The van der Waals surface area contributed by atoms with Crippen molar-refractivity contribution in [2.75, 3.05) is 26.7 Å². The number of rotatable bonds is 6. The summed E-state index contributed by atoms with van der Waals surface area (Å²) in [5, 5.41) is 0. The van der Waals surface area contributed by atoms with Crippen molar-refractivity contribution in [1.82, 2.24) is 4.90 Å². The summed E-state index contributed by atoms with van der Waals surface area (Å²) in [6.45, 7) is 6.20. The third-order valence-electron chi connectivity index (χ3n) is 2.54. The average molecular weight is 199 g/mol. The van der Waals surface area contributed by atoms with E-state index in [9.17, 15) is 4.79 Å². The summed E-state index contributed by atoms with van der Waals surface area (Å²) in [5.41, 5.74) is 0. The summed E-state index contributed by atoms with van der Waals surface area (Å²) in [6, 6.07) is 0. The Morgan fingerprint density at radius 3 is 2.71 bits per heavy atom. The number of nitrogens with zero attached hydrogens (tertiary/aromatic N) is 1. The molecule has 14 heavy (non-hydrogen) atoms. The smallest absolute Gasteiger partial charge is 0.309 e. The van der Waals surface area contributed by atoms with Crippen LogP contribution >= 0.6 is 0 Å². The van der Waals surface area contributed by atoms with E-state index in [2.05, 4.69) is 11.9 Å². The molecule has 3 nitrogen and oxygen atoms in total. The van der Waals surface area contributed by atoms with E-state index in [-0.39, 0.29) is 11.9 Å². The number of hydrogen-bond donors (Lipinski definition) is 0. The first kappa shape index (κ1) is 11.5. The molecule has 1 aliphatic carbocycles. The van der Waals surface area contributed by atoms with Gasteiger partial charge in [0.25, 0.3) is 0 Å². The molecule has 1 rings (SSSR count). The highest BCUT2D eigenvalue weighted by Gasteiger charge is 2.24. The molecule has 1 unspecified atom stereocenters. The summed E-state index contributed by atoms with van der Waals surface area (Å²) < 4.78 is 4.96. The van der Waals surface area contributed by atoms with Crippen LogP contribution in [0.15, 0.2) is 0 Å². The maximum atomic E-state index is 11.3. The van der Waals surface area contributed by atoms with Crippen molar-refractivity contribution in [1.29, 1.82) is 0 Å². The molecule has 1 atom stereocenters. The largest absolute Gasteiger partial charge is 0.466 e. The SMILES string of the molecule is CCOC(=O)C(C)CN(C)CC1CC1. The molecule has 0 aromatic rings. The zero-order valence-electron chi connectivity index (χ0n) is 9.45. The van der Waals surface area contributed by atoms with Gasteiger partial charge in [-0.3, -0.25) is 4.79 Å². The van der Waals surface area contributed by atoms with E-state index in [1.165, 1.54) is 12.8 Å². The number of esters is 1. The fourth-order valence-corrected chi connectivity index (χ4v) is 1.64. The highest BCUT2D eigenvalue weighted by Crippen LogP contribution is 2.29. The van der Waals surface area contributed by atoms with E-state index < -0.39 is 0 Å². The first-order valence-electron chi connectivity index (χ1n) is 5.48. The van der Waals surface area contributed by atoms with Crippen molar-refractivity contribution >= 4 is 5.97 Å². The second-order valence-electron chi connectivity index (χ2n) is 4.32. The number of carbonyl (C=O) groups is 1. The summed E-state index contributed by atoms with van der Waals surface area (Å²) in [5.74, 6) is 0.809. The van der Waals surface area contributed by atoms with Gasteiger partial charge in [-0.2, -0.15) is 0 Å². The van der Waals surface area contributed by atoms with Gasteiger partial charge in [0, 0.05) is 13.1 Å². The van der Waals surface area contributed by atoms with Gasteiger partial charge in [0.1, 0.15) is 0 Å². The minimum Gasteiger partial charge on any atom is -0.466 e. The number of ether oxygens (including phenoxy) is 1. The van der Waals surface area contributed by atoms with Crippen LogP contribution in [-0.4, -0.2) is 37.6 Å². The van der Waals surface area contributed by atoms with E-state index >= 15 is 0 Å². The van der Waals surface area contributed by atoms with E-state index in [1.807, 2.05) is 13.8 Å². The monoisotopic (exact) mass is 199 g/mol. The van der Waals surface area contributed by atoms with Gasteiger partial charge in [-0.15, -0.1) is 0 Å². The van der Waals surface area contributed by atoms with Gasteiger partial charge in [0.2, 0.25) is 0 Å². The summed E-state index contributed by atoms with van der Waals surface area (Å²) in [6.07, 6.45) is 2.72. The molecule has 1 saturated carbocycles. The van der Waals surface area contributed by atoms with Crippen LogP contribution in [0.4, 0.5) is 0 Å². The molecule has 0 aromatic carbocycles. The number of carbonyl (C=O) groups excluding carboxylic acids is 1. The molecule has 1 fully saturated rings. The minimum absolute atomic E-state index is 0.00120. The summed E-state index contributed by atoms with van der Waals surface area (Å²) >= 11 is 0. The van der Waals surface area contributed by atoms with Crippen LogP contribution in [0.3, 0.4) is 0 Å². The maximum absolute atomic E-state index is 11.3. The Balaban J connectivity index is 2.16. The lowest BCUT2D eigenvalue weighted by Crippen LogP contribution is -2.31. The van der Waals surface area contributed by atoms with Gasteiger partial charge in [0.05, 0.1) is 12.5 Å². The fraction of sp³-hybridized carbons (Fsp3) is 0.909. The average Bonchev–Trinajstić information content (AvgIpc) is 2.88. The van der Waals surface area contributed by atoms with Crippen molar-refractivity contribution in [2.45, 2.75) is 26.7 Å². The van der Waals surface area contributed by atoms with E-state index in [4.69, 9.17) is 4.74 Å². The van der Waals surface area contributed by atoms with Gasteiger partial charge in [-0.25, -0.2) is 0 Å². The Labute approximate surface area is 86.4 Å². The molecule has 0 radical (unpaired) electrons. The lowest BCUT2D eigenvalue weighted by atomic mass is 10.1. The normalized spacial score (nSPS) is 18.3. The van der Waals surface area contributed by atoms with Crippen molar-refractivity contribution in [3.8, 4) is 0 Å². The molecule has 0 amide bonds. The van der Waals surface area contributed by atoms with Crippen LogP contribution in [0, 0.1) is 11.8 Å². The van der Waals surface area contributed by atoms with Crippen molar-refractivity contribution in [3.63, 3.8) is 0 Å². The maximum Gasteiger partial charge on any atom is 0.309 e. The van der Waals surface area contributed by atoms with Crippen LogP contribution in [-0.2, 0) is 9.53 Å². The minimum atomic E-state index is -0.0739. The van der Waals surface area contributed by atoms with Crippen LogP contribution in [0.2, 0.25) is 0 Å². The zero-order chi connectivity index (χ0) is 10.6. The van der Waals surface area contributed by atoms with Crippen molar-refractivity contribution < 1.29 is 9.53 Å². The quantitative estimate of drug-likeness (QED) is 0.608. The molecule has 0 bridgehead atoms. The summed E-state index contributed by atoms with van der Waals surface area (Å²) in [4.78, 5) is 13.6. The van der Waals surface area contributed by atoms with E-state index in [1.54, 1.807) is 0 Å². The predicted molar refractivity (Wildman–Crippen MR) is 56.0 cm³/mol. The molecular weight excluding hydrogens is 178 g/mol. The first-order chi connectivity index (χ1) is 6.63. The van der Waals surface area contributed by atoms with Gasteiger partial charge >= 0.3 is 5.97 Å². The van der Waals surface area contributed by atoms with Gasteiger partial charge in [-0.05, 0) is 32.7 Å². The molecule has 1 aliphatic rings. The van der Waals surface area contributed by atoms with Crippen LogP contribution in [0.1, 0.15) is 26.7 Å². The molecule has 0 spiro atoms. The third-order valence-corrected chi connectivity index (χ3v) is 2.54. The van der Waals surface area contributed by atoms with Gasteiger partial charge in [0.15, 0.2) is 0 Å². The second kappa shape index (κ2) is 5.35. The van der Waals surface area contributed by atoms with Crippen LogP contribution in [0.5, 0.6) is 0 Å². The van der Waals surface area contributed by atoms with Crippen LogP contribution < -0.4 is 0 Å². The standard InChI is InChI=1S/C11H21NO2/c1-4-14-11(13)9(2)7-12(3)8-10-5-6-10/h9-10H,4-8H2,1-3H3. The molecule has 3 heteroatoms. The Hall–Kier alpha value is -0.570. The molecule has 0 heterocycles. The first-order valence-corrected chi connectivity index (χ1v) is 5.48. The molecule has 82 valence electrons. The molecular formula is C11H21NO2. The Morgan fingerprint density at radius 2 is 2.21 bits per heavy atom. The van der Waals surface area contributed by atoms with Crippen LogP contribution in [0.25, 0.3) is 0 Å². The topological polar surface area (TPSA) is 29.5 Å². The predicted octanol–water partition coefficient (Wildman–Crippen LogP) is 1.53. The summed E-state index contributed by atoms with van der Waals surface area (Å²) in [7, 11) is 2.08. The third kappa shape index (κ3) is 4.09. The van der Waals surface area contributed by atoms with Crippen molar-refractivity contribution in [3.05, 3.63) is 0 Å². The molecule has 0 aliphatic heterocycles. The Bertz CT molecular complexity index is 190. The zero-order valence-corrected chi connectivity index (χ0v) is 9.45. The van der Waals surface area contributed by atoms with Gasteiger partial charge in [-0.1, -0.05) is 6.92 Å². The molecule has 0 aromatic heterocycles. The molecule has 0 N–H and O–H groups in total. The van der Waals surface area contributed by atoms with Crippen molar-refractivity contribution in [2.24, 2.45) is 11.8 Å². The lowest BCUT2D eigenvalue weighted by molar-refractivity contribution is -0.147. The van der Waals surface area contributed by atoms with E-state index in [0.717, 1.165) is 19.0 Å². The highest BCUT2D eigenvalue weighted by atomic mass is 16.5. The molecule has 0 saturated heterocycles. The Morgan fingerprint density at radius 1 is 1.57 bits per heavy atom. The highest BCUT2D eigenvalue weighted by molar-refractivity contribution is 5.72. The Kier molecular flexibility index (Phi) is 4.39. The van der Waals surface area contributed by atoms with Gasteiger partial charge < -0.3 is 9.64 Å². The number of hydrogen-bond acceptors (Lipinski definition) is 3. The fourth-order valence-electron chi connectivity index (χ4n) is 1.64.